The molecule has 7 nitrogen and oxygen atoms in total. The number of aromatic nitrogens is 4. The predicted octanol–water partition coefficient (Wildman–Crippen LogP) is 1.03. The summed E-state index contributed by atoms with van der Waals surface area (Å²) in [5, 5.41) is 4.02. The highest BCUT2D eigenvalue weighted by Gasteiger charge is 2.20. The zero-order chi connectivity index (χ0) is 13.1. The molecule has 19 heavy (non-hydrogen) atoms. The first-order chi connectivity index (χ1) is 9.33. The molecule has 102 valence electrons. The first-order valence-electron chi connectivity index (χ1n) is 6.64. The standard InChI is InChI=1S/C12H18N6O/c13-10(6-9-7-14-8-15-9)11-16-12(17-19-11)18-4-2-1-3-5-18/h7-8,10H,1-6,13H2,(H,14,15)/t10-/m0/s1. The van der Waals surface area contributed by atoms with E-state index in [0.717, 1.165) is 18.8 Å². The number of hydrogen-bond acceptors (Lipinski definition) is 6. The van der Waals surface area contributed by atoms with Crippen LogP contribution in [0.15, 0.2) is 17.0 Å². The van der Waals surface area contributed by atoms with Crippen LogP contribution in [0.1, 0.15) is 36.9 Å². The zero-order valence-electron chi connectivity index (χ0n) is 10.7. The van der Waals surface area contributed by atoms with Gasteiger partial charge in [0.15, 0.2) is 0 Å². The van der Waals surface area contributed by atoms with E-state index in [1.807, 2.05) is 0 Å². The summed E-state index contributed by atoms with van der Waals surface area (Å²) in [6.45, 7) is 1.99. The van der Waals surface area contributed by atoms with Crippen LogP contribution in [0.25, 0.3) is 0 Å². The lowest BCUT2D eigenvalue weighted by Gasteiger charge is -2.24. The highest BCUT2D eigenvalue weighted by Crippen LogP contribution is 2.19. The monoisotopic (exact) mass is 262 g/mol. The molecule has 3 N–H and O–H groups in total. The molecular weight excluding hydrogens is 244 g/mol. The molecule has 0 saturated carbocycles. The van der Waals surface area contributed by atoms with Gasteiger partial charge in [-0.15, -0.1) is 0 Å². The van der Waals surface area contributed by atoms with Crippen molar-refractivity contribution in [1.29, 1.82) is 0 Å². The second kappa shape index (κ2) is 5.40. The third kappa shape index (κ3) is 2.76. The van der Waals surface area contributed by atoms with Crippen molar-refractivity contribution in [3.63, 3.8) is 0 Å². The van der Waals surface area contributed by atoms with Crippen LogP contribution < -0.4 is 10.6 Å². The SMILES string of the molecule is N[C@@H](Cc1cnc[nH]1)c1nc(N2CCCCC2)no1. The van der Waals surface area contributed by atoms with E-state index in [4.69, 9.17) is 10.3 Å². The van der Waals surface area contributed by atoms with Crippen molar-refractivity contribution in [3.05, 3.63) is 24.1 Å². The maximum atomic E-state index is 6.07. The van der Waals surface area contributed by atoms with E-state index >= 15 is 0 Å². The molecule has 0 bridgehead atoms. The Bertz CT molecular complexity index is 502. The maximum Gasteiger partial charge on any atom is 0.266 e. The summed E-state index contributed by atoms with van der Waals surface area (Å²) in [6.07, 6.45) is 7.65. The predicted molar refractivity (Wildman–Crippen MR) is 69.6 cm³/mol. The lowest BCUT2D eigenvalue weighted by atomic mass is 10.1. The van der Waals surface area contributed by atoms with Gasteiger partial charge in [-0.25, -0.2) is 4.98 Å². The minimum atomic E-state index is -0.300. The minimum Gasteiger partial charge on any atom is -0.348 e. The van der Waals surface area contributed by atoms with Crippen LogP contribution in [-0.4, -0.2) is 33.2 Å². The zero-order valence-corrected chi connectivity index (χ0v) is 10.7. The van der Waals surface area contributed by atoms with Gasteiger partial charge in [-0.3, -0.25) is 0 Å². The Kier molecular flexibility index (Phi) is 3.45. The summed E-state index contributed by atoms with van der Waals surface area (Å²) in [4.78, 5) is 13.5. The summed E-state index contributed by atoms with van der Waals surface area (Å²) >= 11 is 0. The molecule has 2 aromatic rings. The van der Waals surface area contributed by atoms with Crippen LogP contribution in [0.3, 0.4) is 0 Å². The Hall–Kier alpha value is -1.89. The molecule has 0 spiro atoms. The summed E-state index contributed by atoms with van der Waals surface area (Å²) in [5.41, 5.74) is 7.03. The molecule has 0 aromatic carbocycles. The topological polar surface area (TPSA) is 96.9 Å². The fourth-order valence-corrected chi connectivity index (χ4v) is 2.32. The van der Waals surface area contributed by atoms with Gasteiger partial charge in [0.25, 0.3) is 5.95 Å². The fourth-order valence-electron chi connectivity index (χ4n) is 2.32. The van der Waals surface area contributed by atoms with E-state index in [1.54, 1.807) is 12.5 Å². The number of nitrogens with one attached hydrogen (secondary N) is 1. The van der Waals surface area contributed by atoms with Gasteiger partial charge in [0, 0.05) is 31.4 Å². The van der Waals surface area contributed by atoms with E-state index in [-0.39, 0.29) is 6.04 Å². The van der Waals surface area contributed by atoms with Crippen molar-refractivity contribution in [2.45, 2.75) is 31.7 Å². The third-order valence-electron chi connectivity index (χ3n) is 3.38. The molecule has 3 rings (SSSR count). The normalized spacial score (nSPS) is 17.6. The number of aromatic amines is 1. The van der Waals surface area contributed by atoms with Crippen molar-refractivity contribution in [2.75, 3.05) is 18.0 Å². The number of piperidine rings is 1. The van der Waals surface area contributed by atoms with Crippen LogP contribution in [0.4, 0.5) is 5.95 Å². The number of anilines is 1. The molecule has 1 atom stereocenters. The van der Waals surface area contributed by atoms with Gasteiger partial charge in [0.1, 0.15) is 0 Å². The number of rotatable bonds is 4. The lowest BCUT2D eigenvalue weighted by Crippen LogP contribution is -2.30. The van der Waals surface area contributed by atoms with E-state index in [2.05, 4.69) is 25.0 Å². The Morgan fingerprint density at radius 1 is 1.37 bits per heavy atom. The minimum absolute atomic E-state index is 0.300. The van der Waals surface area contributed by atoms with Gasteiger partial charge >= 0.3 is 0 Å². The van der Waals surface area contributed by atoms with E-state index in [1.165, 1.54) is 19.3 Å². The van der Waals surface area contributed by atoms with Gasteiger partial charge in [0.05, 0.1) is 12.4 Å². The van der Waals surface area contributed by atoms with Crippen molar-refractivity contribution in [3.8, 4) is 0 Å². The molecule has 3 heterocycles. The second-order valence-corrected chi connectivity index (χ2v) is 4.87. The number of nitrogens with two attached hydrogens (primary N) is 1. The number of hydrogen-bond donors (Lipinski definition) is 2. The summed E-state index contributed by atoms with van der Waals surface area (Å²) in [6, 6.07) is -0.300. The first-order valence-corrected chi connectivity index (χ1v) is 6.64. The smallest absolute Gasteiger partial charge is 0.266 e. The molecule has 0 amide bonds. The molecule has 1 aliphatic heterocycles. The summed E-state index contributed by atoms with van der Waals surface area (Å²) in [7, 11) is 0. The Balaban J connectivity index is 1.66. The van der Waals surface area contributed by atoms with Crippen molar-refractivity contribution in [1.82, 2.24) is 20.1 Å². The number of nitrogens with zero attached hydrogens (tertiary/aromatic N) is 4. The number of H-pyrrole nitrogens is 1. The molecular formula is C12H18N6O. The Morgan fingerprint density at radius 3 is 2.95 bits per heavy atom. The molecule has 1 fully saturated rings. The van der Waals surface area contributed by atoms with Crippen LogP contribution in [0.2, 0.25) is 0 Å². The van der Waals surface area contributed by atoms with Gasteiger partial charge in [-0.2, -0.15) is 4.98 Å². The highest BCUT2D eigenvalue weighted by molar-refractivity contribution is 5.28. The molecule has 0 unspecified atom stereocenters. The third-order valence-corrected chi connectivity index (χ3v) is 3.38. The van der Waals surface area contributed by atoms with Crippen molar-refractivity contribution in [2.24, 2.45) is 5.73 Å². The highest BCUT2D eigenvalue weighted by atomic mass is 16.5. The molecule has 1 aliphatic rings. The average molecular weight is 262 g/mol. The second-order valence-electron chi connectivity index (χ2n) is 4.87. The number of imidazole rings is 1. The van der Waals surface area contributed by atoms with E-state index in [9.17, 15) is 0 Å². The van der Waals surface area contributed by atoms with Crippen LogP contribution in [0.5, 0.6) is 0 Å². The van der Waals surface area contributed by atoms with E-state index in [0.29, 0.717) is 18.3 Å². The maximum absolute atomic E-state index is 6.07. The van der Waals surface area contributed by atoms with Crippen LogP contribution in [-0.2, 0) is 6.42 Å². The summed E-state index contributed by atoms with van der Waals surface area (Å²) < 4.78 is 5.27. The quantitative estimate of drug-likeness (QED) is 0.854. The fraction of sp³-hybridized carbons (Fsp3) is 0.583. The Labute approximate surface area is 111 Å². The average Bonchev–Trinajstić information content (AvgIpc) is 3.10. The molecule has 0 radical (unpaired) electrons. The molecule has 7 heteroatoms. The molecule has 2 aromatic heterocycles. The first kappa shape index (κ1) is 12.2. The van der Waals surface area contributed by atoms with Gasteiger partial charge in [0.2, 0.25) is 5.89 Å². The van der Waals surface area contributed by atoms with Gasteiger partial charge in [-0.1, -0.05) is 0 Å². The van der Waals surface area contributed by atoms with Gasteiger partial charge in [-0.05, 0) is 24.4 Å². The van der Waals surface area contributed by atoms with Crippen LogP contribution in [0, 0.1) is 0 Å². The summed E-state index contributed by atoms with van der Waals surface area (Å²) in [5.74, 6) is 1.14. The molecule has 0 aliphatic carbocycles. The lowest BCUT2D eigenvalue weighted by molar-refractivity contribution is 0.352. The van der Waals surface area contributed by atoms with Crippen molar-refractivity contribution < 1.29 is 4.52 Å². The largest absolute Gasteiger partial charge is 0.348 e. The Morgan fingerprint density at radius 2 is 2.21 bits per heavy atom. The van der Waals surface area contributed by atoms with Gasteiger partial charge < -0.3 is 20.1 Å². The van der Waals surface area contributed by atoms with E-state index < -0.39 is 0 Å². The molecule has 1 saturated heterocycles. The van der Waals surface area contributed by atoms with Crippen LogP contribution >= 0.6 is 0 Å². The van der Waals surface area contributed by atoms with Crippen molar-refractivity contribution >= 4 is 5.95 Å².